The van der Waals surface area contributed by atoms with E-state index in [1.54, 1.807) is 13.0 Å². The third-order valence-electron chi connectivity index (χ3n) is 4.52. The Hall–Kier alpha value is -3.16. The molecule has 0 unspecified atom stereocenters. The summed E-state index contributed by atoms with van der Waals surface area (Å²) in [5, 5.41) is 9.26. The molecule has 0 saturated heterocycles. The molecular weight excluding hydrogens is 528 g/mol. The summed E-state index contributed by atoms with van der Waals surface area (Å²) in [6, 6.07) is 6.61. The Morgan fingerprint density at radius 3 is 1.97 bits per heavy atom. The van der Waals surface area contributed by atoms with Gasteiger partial charge in [-0.1, -0.05) is 6.07 Å². The number of azo groups is 1. The molecule has 0 fully saturated rings. The molecule has 14 nitrogen and oxygen atoms in total. The maximum atomic E-state index is 12.0. The van der Waals surface area contributed by atoms with Gasteiger partial charge in [0.05, 0.1) is 10.6 Å². The maximum absolute atomic E-state index is 12.0. The first kappa shape index (κ1) is 26.4. The van der Waals surface area contributed by atoms with Crippen LogP contribution in [0.3, 0.4) is 0 Å². The van der Waals surface area contributed by atoms with E-state index in [-0.39, 0.29) is 22.1 Å². The monoisotopic (exact) mass is 546 g/mol. The van der Waals surface area contributed by atoms with E-state index in [9.17, 15) is 44.4 Å². The number of benzene rings is 3. The molecule has 8 N–H and O–H groups in total. The van der Waals surface area contributed by atoms with Gasteiger partial charge in [-0.15, -0.1) is 10.2 Å². The van der Waals surface area contributed by atoms with E-state index in [0.717, 1.165) is 18.2 Å². The van der Waals surface area contributed by atoms with E-state index in [0.29, 0.717) is 11.6 Å². The lowest BCUT2D eigenvalue weighted by atomic mass is 10.1. The van der Waals surface area contributed by atoms with Crippen LogP contribution in [0.5, 0.6) is 0 Å². The average Bonchev–Trinajstić information content (AvgIpc) is 2.69. The van der Waals surface area contributed by atoms with Gasteiger partial charge < -0.3 is 24.7 Å². The second-order valence-electron chi connectivity index (χ2n) is 7.14. The van der Waals surface area contributed by atoms with Crippen LogP contribution in [0.2, 0.25) is 0 Å². The van der Waals surface area contributed by atoms with E-state index in [2.05, 4.69) is 15.5 Å². The SMILES string of the molecule is Cc1ccc(N=Nc2cc3c(S(=O)(=O)O)cc(S(O)(O)O)cc3cc2S(=O)(=O)O)c(NC(N)=O)c1. The molecule has 0 spiro atoms. The van der Waals surface area contributed by atoms with Crippen LogP contribution in [-0.2, 0) is 20.2 Å². The van der Waals surface area contributed by atoms with Crippen LogP contribution in [0.1, 0.15) is 5.56 Å². The third kappa shape index (κ3) is 6.10. The molecule has 0 bridgehead atoms. The van der Waals surface area contributed by atoms with E-state index >= 15 is 0 Å². The largest absolute Gasteiger partial charge is 0.351 e. The summed E-state index contributed by atoms with van der Waals surface area (Å²) >= 11 is 0. The Balaban J connectivity index is 2.33. The first-order valence-corrected chi connectivity index (χ1v) is 13.5. The quantitative estimate of drug-likeness (QED) is 0.172. The number of amides is 2. The number of anilines is 1. The maximum Gasteiger partial charge on any atom is 0.316 e. The van der Waals surface area contributed by atoms with Crippen LogP contribution in [0.25, 0.3) is 10.8 Å². The van der Waals surface area contributed by atoms with E-state index < -0.39 is 57.5 Å². The standard InChI is InChI=1S/C18H18N4O10S3/c1-9-2-3-13(14(4-9)20-18(19)23)21-22-15-8-12-10(6-17(15)35(30,31)32)5-11(33(24,25)26)7-16(12)34(27,28)29/h2-8,24-26H,1H3,(H3,19,20,23)(H,27,28,29)(H,30,31,32). The molecule has 0 atom stereocenters. The van der Waals surface area contributed by atoms with Crippen molar-refractivity contribution in [2.24, 2.45) is 16.0 Å². The fourth-order valence-corrected chi connectivity index (χ4v) is 5.06. The van der Waals surface area contributed by atoms with Crippen molar-refractivity contribution in [3.05, 3.63) is 48.0 Å². The number of nitrogens with two attached hydrogens (primary N) is 1. The summed E-state index contributed by atoms with van der Waals surface area (Å²) < 4.78 is 95.7. The zero-order valence-electron chi connectivity index (χ0n) is 17.5. The van der Waals surface area contributed by atoms with Crippen molar-refractivity contribution in [1.29, 1.82) is 0 Å². The van der Waals surface area contributed by atoms with Crippen molar-refractivity contribution >= 4 is 65.0 Å². The number of hydrogen-bond acceptors (Lipinski definition) is 10. The third-order valence-corrected chi connectivity index (χ3v) is 7.16. The lowest BCUT2D eigenvalue weighted by Gasteiger charge is -2.20. The van der Waals surface area contributed by atoms with Crippen LogP contribution in [0.4, 0.5) is 21.9 Å². The molecule has 2 amide bonds. The van der Waals surface area contributed by atoms with Crippen molar-refractivity contribution in [3.63, 3.8) is 0 Å². The van der Waals surface area contributed by atoms with E-state index in [1.165, 1.54) is 12.1 Å². The Morgan fingerprint density at radius 1 is 0.829 bits per heavy atom. The second-order valence-corrected chi connectivity index (χ2v) is 11.4. The fraction of sp³-hybridized carbons (Fsp3) is 0.0556. The van der Waals surface area contributed by atoms with Gasteiger partial charge in [0.1, 0.15) is 32.0 Å². The molecule has 0 radical (unpaired) electrons. The summed E-state index contributed by atoms with van der Waals surface area (Å²) in [5.41, 5.74) is 5.41. The van der Waals surface area contributed by atoms with Gasteiger partial charge in [-0.2, -0.15) is 16.8 Å². The number of urea groups is 1. The Morgan fingerprint density at radius 2 is 1.43 bits per heavy atom. The first-order valence-electron chi connectivity index (χ1n) is 9.13. The summed E-state index contributed by atoms with van der Waals surface area (Å²) in [7, 11) is -14.5. The van der Waals surface area contributed by atoms with Gasteiger partial charge in [0, 0.05) is 5.39 Å². The highest BCUT2D eigenvalue weighted by atomic mass is 32.3. The molecule has 35 heavy (non-hydrogen) atoms. The Bertz CT molecular complexity index is 1600. The molecular formula is C18H18N4O10S3. The zero-order chi connectivity index (χ0) is 26.3. The summed E-state index contributed by atoms with van der Waals surface area (Å²) in [4.78, 5) is 8.75. The molecule has 188 valence electrons. The number of carbonyl (C=O) groups is 1. The topological polar surface area (TPSA) is 249 Å². The van der Waals surface area contributed by atoms with Gasteiger partial charge in [-0.05, 0) is 54.3 Å². The molecule has 17 heteroatoms. The molecule has 3 aromatic carbocycles. The fourth-order valence-electron chi connectivity index (χ4n) is 3.05. The number of rotatable bonds is 6. The van der Waals surface area contributed by atoms with Gasteiger partial charge in [-0.3, -0.25) is 9.11 Å². The molecule has 0 aliphatic carbocycles. The number of nitrogens with zero attached hydrogens (tertiary/aromatic N) is 2. The molecule has 3 aromatic rings. The minimum absolute atomic E-state index is 0.0235. The summed E-state index contributed by atoms with van der Waals surface area (Å²) in [5.74, 6) is 0. The van der Waals surface area contributed by atoms with Crippen LogP contribution in [0.15, 0.2) is 67.4 Å². The number of primary amides is 1. The normalized spacial score (nSPS) is 13.3. The van der Waals surface area contributed by atoms with Gasteiger partial charge in [-0.25, -0.2) is 4.79 Å². The predicted molar refractivity (Wildman–Crippen MR) is 126 cm³/mol. The Labute approximate surface area is 200 Å². The molecule has 3 rings (SSSR count). The van der Waals surface area contributed by atoms with Gasteiger partial charge in [0.15, 0.2) is 0 Å². The molecule has 0 aliphatic heterocycles. The van der Waals surface area contributed by atoms with E-state index in [4.69, 9.17) is 5.73 Å². The minimum atomic E-state index is -5.03. The number of carbonyl (C=O) groups excluding carboxylic acids is 1. The van der Waals surface area contributed by atoms with Gasteiger partial charge >= 0.3 is 6.03 Å². The first-order chi connectivity index (χ1) is 16.0. The van der Waals surface area contributed by atoms with Gasteiger partial charge in [0.25, 0.3) is 20.2 Å². The van der Waals surface area contributed by atoms with Crippen LogP contribution in [0, 0.1) is 6.92 Å². The summed E-state index contributed by atoms with van der Waals surface area (Å²) in [6.07, 6.45) is 0. The highest BCUT2D eigenvalue weighted by Crippen LogP contribution is 2.47. The molecule has 0 saturated carbocycles. The number of hydrogen-bond donors (Lipinski definition) is 7. The Kier molecular flexibility index (Phi) is 6.90. The molecule has 0 heterocycles. The number of fused-ring (bicyclic) bond motifs is 1. The van der Waals surface area contributed by atoms with Crippen LogP contribution < -0.4 is 11.1 Å². The molecule has 0 aliphatic rings. The van der Waals surface area contributed by atoms with E-state index in [1.807, 2.05) is 0 Å². The summed E-state index contributed by atoms with van der Waals surface area (Å²) in [6.45, 7) is 1.71. The number of nitrogens with one attached hydrogen (secondary N) is 1. The van der Waals surface area contributed by atoms with Crippen molar-refractivity contribution in [2.45, 2.75) is 21.6 Å². The second kappa shape index (κ2) is 9.13. The van der Waals surface area contributed by atoms with Crippen molar-refractivity contribution in [3.8, 4) is 0 Å². The van der Waals surface area contributed by atoms with Crippen molar-refractivity contribution in [2.75, 3.05) is 5.32 Å². The van der Waals surface area contributed by atoms with Crippen molar-refractivity contribution < 1.29 is 44.4 Å². The highest BCUT2D eigenvalue weighted by Gasteiger charge is 2.26. The lowest BCUT2D eigenvalue weighted by Crippen LogP contribution is -2.19. The molecule has 0 aromatic heterocycles. The minimum Gasteiger partial charge on any atom is -0.351 e. The van der Waals surface area contributed by atoms with Gasteiger partial charge in [0.2, 0.25) is 0 Å². The zero-order valence-corrected chi connectivity index (χ0v) is 20.0. The van der Waals surface area contributed by atoms with Crippen LogP contribution >= 0.6 is 10.9 Å². The predicted octanol–water partition coefficient (Wildman–Crippen LogP) is 4.13. The number of aryl methyl sites for hydroxylation is 1. The smallest absolute Gasteiger partial charge is 0.316 e. The lowest BCUT2D eigenvalue weighted by molar-refractivity contribution is 0.259. The average molecular weight is 547 g/mol. The van der Waals surface area contributed by atoms with Crippen LogP contribution in [-0.4, -0.2) is 45.6 Å². The van der Waals surface area contributed by atoms with Crippen molar-refractivity contribution in [1.82, 2.24) is 0 Å². The highest BCUT2D eigenvalue weighted by molar-refractivity contribution is 8.19.